The molecule has 1 aromatic carbocycles. The maximum absolute atomic E-state index is 13.5. The lowest BCUT2D eigenvalue weighted by atomic mass is 10.3. The zero-order valence-electron chi connectivity index (χ0n) is 10.9. The minimum Gasteiger partial charge on any atom is -0.374 e. The molecular weight excluding hydrogens is 299 g/mol. The second-order valence-corrected chi connectivity index (χ2v) is 5.78. The first-order chi connectivity index (χ1) is 9.56. The van der Waals surface area contributed by atoms with Crippen molar-refractivity contribution < 1.29 is 9.18 Å². The molecule has 20 heavy (non-hydrogen) atoms. The molecule has 0 atom stereocenters. The summed E-state index contributed by atoms with van der Waals surface area (Å²) in [5.74, 6) is -0.541. The molecule has 3 nitrogen and oxygen atoms in total. The van der Waals surface area contributed by atoms with Crippen LogP contribution in [0.4, 0.5) is 10.1 Å². The van der Waals surface area contributed by atoms with Gasteiger partial charge in [0.05, 0.1) is 18.8 Å². The molecule has 6 heteroatoms. The Morgan fingerprint density at radius 1 is 1.45 bits per heavy atom. The Morgan fingerprint density at radius 2 is 2.25 bits per heavy atom. The van der Waals surface area contributed by atoms with Gasteiger partial charge in [-0.1, -0.05) is 17.7 Å². The predicted octanol–water partition coefficient (Wildman–Crippen LogP) is 3.61. The van der Waals surface area contributed by atoms with Crippen molar-refractivity contribution in [2.45, 2.75) is 6.54 Å². The van der Waals surface area contributed by atoms with Crippen molar-refractivity contribution in [1.82, 2.24) is 4.90 Å². The summed E-state index contributed by atoms with van der Waals surface area (Å²) in [4.78, 5) is 14.7. The number of carbonyl (C=O) groups excluding carboxylic acids is 1. The first-order valence-corrected chi connectivity index (χ1v) is 7.27. The average molecular weight is 313 g/mol. The Kier molecular flexibility index (Phi) is 4.98. The molecule has 1 aromatic heterocycles. The van der Waals surface area contributed by atoms with E-state index in [2.05, 4.69) is 5.32 Å². The number of rotatable bonds is 5. The molecule has 106 valence electrons. The lowest BCUT2D eigenvalue weighted by Gasteiger charge is -2.17. The highest BCUT2D eigenvalue weighted by molar-refractivity contribution is 7.09. The molecule has 0 radical (unpaired) electrons. The highest BCUT2D eigenvalue weighted by Gasteiger charge is 2.11. The molecule has 0 saturated heterocycles. The number of carbonyl (C=O) groups is 1. The first kappa shape index (κ1) is 14.8. The van der Waals surface area contributed by atoms with E-state index in [0.29, 0.717) is 11.6 Å². The number of nitrogens with zero attached hydrogens (tertiary/aromatic N) is 1. The summed E-state index contributed by atoms with van der Waals surface area (Å²) in [5, 5.41) is 5.16. The van der Waals surface area contributed by atoms with E-state index < -0.39 is 5.82 Å². The van der Waals surface area contributed by atoms with Crippen molar-refractivity contribution in [3.8, 4) is 0 Å². The van der Waals surface area contributed by atoms with Crippen LogP contribution < -0.4 is 5.32 Å². The van der Waals surface area contributed by atoms with Gasteiger partial charge in [-0.3, -0.25) is 4.79 Å². The van der Waals surface area contributed by atoms with E-state index in [-0.39, 0.29) is 18.1 Å². The zero-order valence-corrected chi connectivity index (χ0v) is 12.5. The molecule has 1 heterocycles. The van der Waals surface area contributed by atoms with Gasteiger partial charge < -0.3 is 10.2 Å². The van der Waals surface area contributed by atoms with Gasteiger partial charge in [-0.15, -0.1) is 11.3 Å². The molecule has 0 bridgehead atoms. The fraction of sp³-hybridized carbons (Fsp3) is 0.214. The maximum atomic E-state index is 13.5. The summed E-state index contributed by atoms with van der Waals surface area (Å²) < 4.78 is 13.5. The molecule has 1 N–H and O–H groups in total. The van der Waals surface area contributed by atoms with Gasteiger partial charge in [0.1, 0.15) is 5.82 Å². The summed E-state index contributed by atoms with van der Waals surface area (Å²) in [6, 6.07) is 8.11. The SMILES string of the molecule is CN(Cc1cccs1)C(=O)CNc1cc(Cl)ccc1F. The van der Waals surface area contributed by atoms with Crippen molar-refractivity contribution in [2.24, 2.45) is 0 Å². The van der Waals surface area contributed by atoms with Crippen LogP contribution in [0.25, 0.3) is 0 Å². The van der Waals surface area contributed by atoms with Crippen LogP contribution in [0.15, 0.2) is 35.7 Å². The highest BCUT2D eigenvalue weighted by Crippen LogP contribution is 2.19. The summed E-state index contributed by atoms with van der Waals surface area (Å²) in [6.45, 7) is 0.579. The quantitative estimate of drug-likeness (QED) is 0.914. The van der Waals surface area contributed by atoms with Crippen LogP contribution in [0.3, 0.4) is 0 Å². The monoisotopic (exact) mass is 312 g/mol. The molecule has 0 fully saturated rings. The molecule has 2 rings (SSSR count). The van der Waals surface area contributed by atoms with Crippen LogP contribution in [-0.4, -0.2) is 24.4 Å². The lowest BCUT2D eigenvalue weighted by Crippen LogP contribution is -2.31. The largest absolute Gasteiger partial charge is 0.374 e. The van der Waals surface area contributed by atoms with Gasteiger partial charge in [-0.05, 0) is 29.6 Å². The van der Waals surface area contributed by atoms with Gasteiger partial charge in [-0.25, -0.2) is 4.39 Å². The molecule has 0 aliphatic heterocycles. The maximum Gasteiger partial charge on any atom is 0.241 e. The van der Waals surface area contributed by atoms with Crippen molar-refractivity contribution >= 4 is 34.5 Å². The van der Waals surface area contributed by atoms with E-state index in [1.54, 1.807) is 23.3 Å². The minimum absolute atomic E-state index is 0.0269. The van der Waals surface area contributed by atoms with Gasteiger partial charge in [0.25, 0.3) is 0 Å². The number of thiophene rings is 1. The van der Waals surface area contributed by atoms with Crippen molar-refractivity contribution in [2.75, 3.05) is 18.9 Å². The summed E-state index contributed by atoms with van der Waals surface area (Å²) in [7, 11) is 1.72. The highest BCUT2D eigenvalue weighted by atomic mass is 35.5. The van der Waals surface area contributed by atoms with Gasteiger partial charge in [0, 0.05) is 16.9 Å². The fourth-order valence-electron chi connectivity index (χ4n) is 1.66. The summed E-state index contributed by atoms with van der Waals surface area (Å²) >= 11 is 7.38. The van der Waals surface area contributed by atoms with Crippen LogP contribution in [0.1, 0.15) is 4.88 Å². The Hall–Kier alpha value is -1.59. The summed E-state index contributed by atoms with van der Waals surface area (Å²) in [5.41, 5.74) is 0.232. The number of hydrogen-bond acceptors (Lipinski definition) is 3. The molecule has 0 spiro atoms. The number of nitrogens with one attached hydrogen (secondary N) is 1. The van der Waals surface area contributed by atoms with E-state index >= 15 is 0 Å². The predicted molar refractivity (Wildman–Crippen MR) is 80.7 cm³/mol. The smallest absolute Gasteiger partial charge is 0.241 e. The molecule has 0 aliphatic rings. The molecule has 2 aromatic rings. The Balaban J connectivity index is 1.89. The normalized spacial score (nSPS) is 10.3. The first-order valence-electron chi connectivity index (χ1n) is 6.01. The summed E-state index contributed by atoms with van der Waals surface area (Å²) in [6.07, 6.45) is 0. The number of amides is 1. The molecule has 1 amide bonds. The van der Waals surface area contributed by atoms with Gasteiger partial charge in [0.15, 0.2) is 0 Å². The third-order valence-corrected chi connectivity index (χ3v) is 3.85. The number of likely N-dealkylation sites (N-methyl/N-ethyl adjacent to an activating group) is 1. The fourth-order valence-corrected chi connectivity index (χ4v) is 2.59. The van der Waals surface area contributed by atoms with Crippen LogP contribution in [0.5, 0.6) is 0 Å². The number of hydrogen-bond donors (Lipinski definition) is 1. The standard InChI is InChI=1S/C14H14ClFN2OS/c1-18(9-11-3-2-6-20-11)14(19)8-17-13-7-10(15)4-5-12(13)16/h2-7,17H,8-9H2,1H3. The van der Waals surface area contributed by atoms with E-state index in [1.807, 2.05) is 17.5 Å². The molecular formula is C14H14ClFN2OS. The van der Waals surface area contributed by atoms with E-state index in [4.69, 9.17) is 11.6 Å². The topological polar surface area (TPSA) is 32.3 Å². The number of halogens is 2. The zero-order chi connectivity index (χ0) is 14.5. The third-order valence-electron chi connectivity index (χ3n) is 2.76. The van der Waals surface area contributed by atoms with Gasteiger partial charge in [0.2, 0.25) is 5.91 Å². The van der Waals surface area contributed by atoms with E-state index in [1.165, 1.54) is 18.2 Å². The Bertz CT molecular complexity index is 589. The van der Waals surface area contributed by atoms with Gasteiger partial charge >= 0.3 is 0 Å². The van der Waals surface area contributed by atoms with Crippen molar-refractivity contribution in [1.29, 1.82) is 0 Å². The number of benzene rings is 1. The van der Waals surface area contributed by atoms with Crippen LogP contribution in [0.2, 0.25) is 5.02 Å². The Morgan fingerprint density at radius 3 is 2.95 bits per heavy atom. The third kappa shape index (κ3) is 3.95. The lowest BCUT2D eigenvalue weighted by molar-refractivity contribution is -0.128. The number of anilines is 1. The average Bonchev–Trinajstić information content (AvgIpc) is 2.92. The van der Waals surface area contributed by atoms with Crippen LogP contribution >= 0.6 is 22.9 Å². The molecule has 0 aliphatic carbocycles. The van der Waals surface area contributed by atoms with Crippen molar-refractivity contribution in [3.63, 3.8) is 0 Å². The van der Waals surface area contributed by atoms with E-state index in [0.717, 1.165) is 4.88 Å². The van der Waals surface area contributed by atoms with E-state index in [9.17, 15) is 9.18 Å². The second kappa shape index (κ2) is 6.72. The second-order valence-electron chi connectivity index (χ2n) is 4.31. The minimum atomic E-state index is -0.428. The van der Waals surface area contributed by atoms with Crippen LogP contribution in [-0.2, 0) is 11.3 Å². The molecule has 0 unspecified atom stereocenters. The van der Waals surface area contributed by atoms with Crippen molar-refractivity contribution in [3.05, 3.63) is 51.4 Å². The van der Waals surface area contributed by atoms with Gasteiger partial charge in [-0.2, -0.15) is 0 Å². The molecule has 0 saturated carbocycles. The Labute approximate surface area is 126 Å². The van der Waals surface area contributed by atoms with Crippen LogP contribution in [0, 0.1) is 5.82 Å².